The molecular formula is C45H32N2. The van der Waals surface area contributed by atoms with Crippen molar-refractivity contribution in [2.75, 3.05) is 0 Å². The van der Waals surface area contributed by atoms with E-state index in [-0.39, 0.29) is 0 Å². The maximum atomic E-state index is 3.90. The molecule has 2 aliphatic rings. The summed E-state index contributed by atoms with van der Waals surface area (Å²) in [6.07, 6.45) is 17.0. The van der Waals surface area contributed by atoms with Crippen molar-refractivity contribution in [3.05, 3.63) is 179 Å². The van der Waals surface area contributed by atoms with Crippen LogP contribution < -0.4 is 10.4 Å². The monoisotopic (exact) mass is 600 g/mol. The molecule has 2 heterocycles. The first kappa shape index (κ1) is 27.2. The molecular weight excluding hydrogens is 569 g/mol. The third kappa shape index (κ3) is 4.50. The van der Waals surface area contributed by atoms with Crippen LogP contribution in [0.2, 0.25) is 0 Å². The largest absolute Gasteiger partial charge is 0.315 e. The standard InChI is InChI=1S/C45H32N2/c1-2-11-31-12-6-7-13-36(31)30-46-42-19-10-17-38(42)40-28-34(24-26-43(40)46)32-20-22-33(23-21-32)35-25-27-45-41(29-35)39-16-8-9-18-44(39)47(45)37-14-4-3-5-15-37/h2-9,11-20,22,24-30H,1,21,23H2/b31-11-,36-30-. The maximum Gasteiger partial charge on any atom is 0.0618 e. The van der Waals surface area contributed by atoms with Gasteiger partial charge in [0.2, 0.25) is 0 Å². The predicted molar refractivity (Wildman–Crippen MR) is 201 cm³/mol. The van der Waals surface area contributed by atoms with Crippen LogP contribution in [-0.2, 0) is 0 Å². The van der Waals surface area contributed by atoms with Crippen LogP contribution in [0.5, 0.6) is 0 Å². The molecule has 7 aromatic rings. The van der Waals surface area contributed by atoms with Gasteiger partial charge in [0.05, 0.1) is 22.2 Å². The van der Waals surface area contributed by atoms with Gasteiger partial charge >= 0.3 is 0 Å². The number of allylic oxidation sites excluding steroid dienone is 5. The molecule has 0 saturated heterocycles. The zero-order valence-corrected chi connectivity index (χ0v) is 26.0. The summed E-state index contributed by atoms with van der Waals surface area (Å²) < 4.78 is 4.68. The first-order chi connectivity index (χ1) is 23.3. The van der Waals surface area contributed by atoms with Crippen LogP contribution in [0.25, 0.3) is 74.0 Å². The Morgan fingerprint density at radius 2 is 1.26 bits per heavy atom. The minimum absolute atomic E-state index is 1.01. The van der Waals surface area contributed by atoms with Crippen molar-refractivity contribution in [1.29, 1.82) is 0 Å². The summed E-state index contributed by atoms with van der Waals surface area (Å²) in [6.45, 7) is 3.90. The van der Waals surface area contributed by atoms with Gasteiger partial charge in [0.25, 0.3) is 0 Å². The van der Waals surface area contributed by atoms with Gasteiger partial charge in [-0.3, -0.25) is 0 Å². The van der Waals surface area contributed by atoms with Crippen LogP contribution in [0, 0.1) is 0 Å². The predicted octanol–water partition coefficient (Wildman–Crippen LogP) is 9.89. The van der Waals surface area contributed by atoms with Crippen LogP contribution in [0.3, 0.4) is 0 Å². The van der Waals surface area contributed by atoms with E-state index in [4.69, 9.17) is 0 Å². The fourth-order valence-corrected chi connectivity index (χ4v) is 7.39. The smallest absolute Gasteiger partial charge is 0.0618 e. The van der Waals surface area contributed by atoms with Gasteiger partial charge in [-0.15, -0.1) is 5.73 Å². The van der Waals surface area contributed by atoms with Gasteiger partial charge in [0, 0.05) is 39.7 Å². The highest BCUT2D eigenvalue weighted by molar-refractivity contribution is 6.10. The average molecular weight is 601 g/mol. The molecule has 0 unspecified atom stereocenters. The van der Waals surface area contributed by atoms with Crippen molar-refractivity contribution in [3.8, 4) is 5.69 Å². The minimum atomic E-state index is 1.01. The molecule has 0 radical (unpaired) electrons. The molecule has 222 valence electrons. The molecule has 0 saturated carbocycles. The Balaban J connectivity index is 1.10. The maximum absolute atomic E-state index is 3.90. The molecule has 0 amide bonds. The Morgan fingerprint density at radius 1 is 0.596 bits per heavy atom. The van der Waals surface area contributed by atoms with Crippen LogP contribution in [0.1, 0.15) is 35.2 Å². The lowest BCUT2D eigenvalue weighted by molar-refractivity contribution is 1.07. The van der Waals surface area contributed by atoms with Gasteiger partial charge in [-0.25, -0.2) is 0 Å². The highest BCUT2D eigenvalue weighted by Crippen LogP contribution is 2.38. The number of benzene rings is 5. The molecule has 0 aliphatic heterocycles. The van der Waals surface area contributed by atoms with Crippen molar-refractivity contribution in [2.24, 2.45) is 0 Å². The average Bonchev–Trinajstić information content (AvgIpc) is 3.82. The number of nitrogens with zero attached hydrogens (tertiary/aromatic N) is 2. The molecule has 0 spiro atoms. The Kier molecular flexibility index (Phi) is 6.42. The lowest BCUT2D eigenvalue weighted by atomic mass is 9.89. The molecule has 0 N–H and O–H groups in total. The highest BCUT2D eigenvalue weighted by Gasteiger charge is 2.18. The third-order valence-corrected chi connectivity index (χ3v) is 9.67. The summed E-state index contributed by atoms with van der Waals surface area (Å²) in [5.74, 6) is 0. The van der Waals surface area contributed by atoms with Gasteiger partial charge in [0.1, 0.15) is 0 Å². The normalized spacial score (nSPS) is 14.7. The van der Waals surface area contributed by atoms with E-state index in [1.807, 2.05) is 6.08 Å². The lowest BCUT2D eigenvalue weighted by Gasteiger charge is -2.16. The zero-order chi connectivity index (χ0) is 31.3. The Morgan fingerprint density at radius 3 is 2.02 bits per heavy atom. The van der Waals surface area contributed by atoms with E-state index in [0.29, 0.717) is 0 Å². The number of hydrogen-bond acceptors (Lipinski definition) is 0. The summed E-state index contributed by atoms with van der Waals surface area (Å²) in [4.78, 5) is 0. The Bertz CT molecular complexity index is 2660. The Hall–Kier alpha value is -6.08. The van der Waals surface area contributed by atoms with E-state index in [2.05, 4.69) is 173 Å². The molecule has 2 nitrogen and oxygen atoms in total. The topological polar surface area (TPSA) is 9.86 Å². The third-order valence-electron chi connectivity index (χ3n) is 9.67. The van der Waals surface area contributed by atoms with Gasteiger partial charge in [-0.05, 0) is 94.1 Å². The number of hydrogen-bond donors (Lipinski definition) is 0. The summed E-state index contributed by atoms with van der Waals surface area (Å²) in [5.41, 5.74) is 16.0. The number of aromatic nitrogens is 2. The summed E-state index contributed by atoms with van der Waals surface area (Å²) in [7, 11) is 0. The molecule has 47 heavy (non-hydrogen) atoms. The van der Waals surface area contributed by atoms with Gasteiger partial charge in [-0.2, -0.15) is 0 Å². The van der Waals surface area contributed by atoms with Crippen molar-refractivity contribution in [2.45, 2.75) is 12.8 Å². The number of fused-ring (bicyclic) bond motifs is 6. The van der Waals surface area contributed by atoms with Crippen molar-refractivity contribution < 1.29 is 0 Å². The first-order valence-electron chi connectivity index (χ1n) is 16.3. The summed E-state index contributed by atoms with van der Waals surface area (Å²) in [5, 5.41) is 6.16. The fraction of sp³-hybridized carbons (Fsp3) is 0.0444. The van der Waals surface area contributed by atoms with E-state index >= 15 is 0 Å². The number of para-hydroxylation sites is 2. The zero-order valence-electron chi connectivity index (χ0n) is 26.0. The van der Waals surface area contributed by atoms with E-state index in [9.17, 15) is 0 Å². The molecule has 0 atom stereocenters. The first-order valence-corrected chi connectivity index (χ1v) is 16.3. The van der Waals surface area contributed by atoms with Gasteiger partial charge in [0.15, 0.2) is 0 Å². The van der Waals surface area contributed by atoms with E-state index in [0.717, 1.165) is 23.3 Å². The molecule has 0 fully saturated rings. The van der Waals surface area contributed by atoms with Crippen LogP contribution in [0.4, 0.5) is 0 Å². The van der Waals surface area contributed by atoms with Crippen molar-refractivity contribution in [3.63, 3.8) is 0 Å². The minimum Gasteiger partial charge on any atom is -0.315 e. The molecule has 2 aliphatic carbocycles. The van der Waals surface area contributed by atoms with Gasteiger partial charge < -0.3 is 9.13 Å². The molecule has 5 aromatic carbocycles. The Labute approximate surface area is 273 Å². The second-order valence-electron chi connectivity index (χ2n) is 12.3. The molecule has 2 aromatic heterocycles. The SMILES string of the molecule is C=C/C=c1/cccc/c1=C/n1c2c(c3cc(C4=CC=C(c5ccc6c(c5)c5ccccc5n6-c5ccccc5)CC4)ccc31)C=C=C2. The molecule has 9 rings (SSSR count). The van der Waals surface area contributed by atoms with Crippen molar-refractivity contribution in [1.82, 2.24) is 9.13 Å². The summed E-state index contributed by atoms with van der Waals surface area (Å²) in [6, 6.07) is 41.7. The second-order valence-corrected chi connectivity index (χ2v) is 12.3. The van der Waals surface area contributed by atoms with Gasteiger partial charge in [-0.1, -0.05) is 104 Å². The fourth-order valence-electron chi connectivity index (χ4n) is 7.39. The highest BCUT2D eigenvalue weighted by atomic mass is 15.0. The lowest BCUT2D eigenvalue weighted by Crippen LogP contribution is -2.24. The van der Waals surface area contributed by atoms with Crippen LogP contribution >= 0.6 is 0 Å². The molecule has 2 heteroatoms. The second kappa shape index (κ2) is 11.1. The molecule has 0 bridgehead atoms. The van der Waals surface area contributed by atoms with E-state index in [1.165, 1.54) is 71.9 Å². The van der Waals surface area contributed by atoms with Crippen LogP contribution in [0.15, 0.2) is 146 Å². The van der Waals surface area contributed by atoms with E-state index < -0.39 is 0 Å². The number of rotatable bonds is 5. The quantitative estimate of drug-likeness (QED) is 0.174. The van der Waals surface area contributed by atoms with Crippen molar-refractivity contribution >= 4 is 68.3 Å². The summed E-state index contributed by atoms with van der Waals surface area (Å²) >= 11 is 0. The van der Waals surface area contributed by atoms with E-state index in [1.54, 1.807) is 0 Å². The van der Waals surface area contributed by atoms with Crippen LogP contribution in [-0.4, -0.2) is 9.13 Å².